The highest BCUT2D eigenvalue weighted by Crippen LogP contribution is 2.43. The third kappa shape index (κ3) is 4.85. The smallest absolute Gasteiger partial charge is 0.300 e. The molecule has 1 aliphatic rings. The van der Waals surface area contributed by atoms with E-state index >= 15 is 0 Å². The lowest BCUT2D eigenvalue weighted by Gasteiger charge is -2.26. The molecule has 35 heavy (non-hydrogen) atoms. The zero-order valence-electron chi connectivity index (χ0n) is 20.8. The minimum absolute atomic E-state index is 0.0752. The molecule has 1 aliphatic heterocycles. The summed E-state index contributed by atoms with van der Waals surface area (Å²) in [5.74, 6) is -0.541. The summed E-state index contributed by atoms with van der Waals surface area (Å²) in [5, 5.41) is 11.5. The summed E-state index contributed by atoms with van der Waals surface area (Å²) in [6.07, 6.45) is 0. The number of benzene rings is 3. The van der Waals surface area contributed by atoms with Crippen molar-refractivity contribution in [2.75, 3.05) is 11.5 Å². The number of aliphatic hydroxyl groups excluding tert-OH is 1. The highest BCUT2D eigenvalue weighted by Gasteiger charge is 2.47. The van der Waals surface area contributed by atoms with Gasteiger partial charge in [0.05, 0.1) is 18.2 Å². The lowest BCUT2D eigenvalue weighted by atomic mass is 9.93. The molecule has 1 saturated heterocycles. The van der Waals surface area contributed by atoms with E-state index < -0.39 is 17.7 Å². The predicted octanol–water partition coefficient (Wildman–Crippen LogP) is 6.27. The number of aliphatic hydroxyl groups is 1. The predicted molar refractivity (Wildman–Crippen MR) is 139 cm³/mol. The third-order valence-electron chi connectivity index (χ3n) is 6.13. The summed E-state index contributed by atoms with van der Waals surface area (Å²) >= 11 is 0. The second kappa shape index (κ2) is 9.79. The van der Waals surface area contributed by atoms with E-state index in [0.717, 1.165) is 16.7 Å². The molecular weight excluding hydrogens is 438 g/mol. The van der Waals surface area contributed by atoms with Gasteiger partial charge in [-0.25, -0.2) is 0 Å². The van der Waals surface area contributed by atoms with Crippen LogP contribution in [0.2, 0.25) is 0 Å². The molecule has 3 aromatic rings. The number of hydrogen-bond donors (Lipinski definition) is 1. The number of ether oxygens (including phenoxy) is 1. The van der Waals surface area contributed by atoms with Crippen LogP contribution in [0.1, 0.15) is 47.7 Å². The number of rotatable bonds is 6. The fraction of sp³-hybridized carbons (Fsp3) is 0.267. The molecule has 0 aromatic heterocycles. The largest absolute Gasteiger partial charge is 0.507 e. The number of amides is 1. The highest BCUT2D eigenvalue weighted by molar-refractivity contribution is 6.51. The number of Topliss-reactive ketones (excluding diaryl/α,β-unsaturated/α-hetero) is 1. The summed E-state index contributed by atoms with van der Waals surface area (Å²) < 4.78 is 5.93. The number of anilines is 1. The van der Waals surface area contributed by atoms with Crippen LogP contribution in [0, 0.1) is 26.7 Å². The summed E-state index contributed by atoms with van der Waals surface area (Å²) in [5.41, 5.74) is 4.65. The van der Waals surface area contributed by atoms with Crippen LogP contribution in [0.4, 0.5) is 5.69 Å². The van der Waals surface area contributed by atoms with Crippen molar-refractivity contribution in [3.05, 3.63) is 100 Å². The van der Waals surface area contributed by atoms with Crippen LogP contribution in [-0.2, 0) is 9.59 Å². The Morgan fingerprint density at radius 2 is 1.66 bits per heavy atom. The van der Waals surface area contributed by atoms with E-state index in [1.807, 2.05) is 87.5 Å². The van der Waals surface area contributed by atoms with Gasteiger partial charge in [-0.1, -0.05) is 55.8 Å². The van der Waals surface area contributed by atoms with E-state index in [4.69, 9.17) is 4.74 Å². The van der Waals surface area contributed by atoms with Crippen LogP contribution in [0.5, 0.6) is 5.75 Å². The summed E-state index contributed by atoms with van der Waals surface area (Å²) in [6, 6.07) is 19.8. The second-order valence-electron chi connectivity index (χ2n) is 9.60. The Labute approximate surface area is 206 Å². The van der Waals surface area contributed by atoms with Crippen LogP contribution < -0.4 is 9.64 Å². The van der Waals surface area contributed by atoms with Gasteiger partial charge in [0, 0.05) is 11.3 Å². The monoisotopic (exact) mass is 469 g/mol. The molecule has 1 heterocycles. The molecule has 0 aliphatic carbocycles. The van der Waals surface area contributed by atoms with Crippen LogP contribution in [0.25, 0.3) is 5.76 Å². The number of carbonyl (C=O) groups excluding carboxylic acids is 2. The Kier molecular flexibility index (Phi) is 6.79. The van der Waals surface area contributed by atoms with E-state index in [2.05, 4.69) is 13.8 Å². The molecule has 180 valence electrons. The van der Waals surface area contributed by atoms with Crippen LogP contribution in [-0.4, -0.2) is 23.4 Å². The van der Waals surface area contributed by atoms with Crippen molar-refractivity contribution >= 4 is 23.1 Å². The van der Waals surface area contributed by atoms with E-state index in [1.54, 1.807) is 0 Å². The Morgan fingerprint density at radius 3 is 2.37 bits per heavy atom. The standard InChI is InChI=1S/C30H31NO4/c1-18(2)17-35-24-11-7-9-22(16-24)27-26(28(32)25-15-20(4)12-13-21(25)5)29(33)30(34)31(27)23-10-6-8-19(3)14-23/h6-16,18,27,32H,17H2,1-5H3/b28-26+. The minimum Gasteiger partial charge on any atom is -0.507 e. The van der Waals surface area contributed by atoms with Crippen molar-refractivity contribution in [3.8, 4) is 5.75 Å². The molecule has 0 spiro atoms. The van der Waals surface area contributed by atoms with Crippen molar-refractivity contribution in [1.82, 2.24) is 0 Å². The van der Waals surface area contributed by atoms with Crippen molar-refractivity contribution in [2.24, 2.45) is 5.92 Å². The molecule has 1 amide bonds. The Bertz CT molecular complexity index is 1320. The van der Waals surface area contributed by atoms with Gasteiger partial charge in [0.2, 0.25) is 0 Å². The average molecular weight is 470 g/mol. The first kappa shape index (κ1) is 24.3. The van der Waals surface area contributed by atoms with E-state index in [-0.39, 0.29) is 11.3 Å². The SMILES string of the molecule is Cc1cccc(N2C(=O)C(=O)/C(=C(/O)c3cc(C)ccc3C)C2c2cccc(OCC(C)C)c2)c1. The van der Waals surface area contributed by atoms with Gasteiger partial charge < -0.3 is 9.84 Å². The highest BCUT2D eigenvalue weighted by atomic mass is 16.5. The Morgan fingerprint density at radius 1 is 0.943 bits per heavy atom. The molecular formula is C30H31NO4. The zero-order valence-corrected chi connectivity index (χ0v) is 20.8. The average Bonchev–Trinajstić information content (AvgIpc) is 3.09. The fourth-order valence-electron chi connectivity index (χ4n) is 4.37. The molecule has 4 rings (SSSR count). The Hall–Kier alpha value is -3.86. The van der Waals surface area contributed by atoms with Crippen molar-refractivity contribution in [1.29, 1.82) is 0 Å². The molecule has 0 radical (unpaired) electrons. The maximum atomic E-state index is 13.4. The lowest BCUT2D eigenvalue weighted by molar-refractivity contribution is -0.132. The second-order valence-corrected chi connectivity index (χ2v) is 9.60. The van der Waals surface area contributed by atoms with Gasteiger partial charge in [0.25, 0.3) is 11.7 Å². The van der Waals surface area contributed by atoms with E-state index in [0.29, 0.717) is 35.1 Å². The first-order chi connectivity index (χ1) is 16.7. The normalized spacial score (nSPS) is 17.3. The number of aryl methyl sites for hydroxylation is 3. The summed E-state index contributed by atoms with van der Waals surface area (Å²) in [4.78, 5) is 28.3. The quantitative estimate of drug-likeness (QED) is 0.262. The fourth-order valence-corrected chi connectivity index (χ4v) is 4.37. The number of hydrogen-bond acceptors (Lipinski definition) is 4. The van der Waals surface area contributed by atoms with Gasteiger partial charge >= 0.3 is 0 Å². The lowest BCUT2D eigenvalue weighted by Crippen LogP contribution is -2.29. The molecule has 0 bridgehead atoms. The number of nitrogens with zero attached hydrogens (tertiary/aromatic N) is 1. The molecule has 5 nitrogen and oxygen atoms in total. The number of carbonyl (C=O) groups is 2. The topological polar surface area (TPSA) is 66.8 Å². The molecule has 1 N–H and O–H groups in total. The van der Waals surface area contributed by atoms with Crippen LogP contribution in [0.3, 0.4) is 0 Å². The van der Waals surface area contributed by atoms with Gasteiger partial charge in [0.1, 0.15) is 11.5 Å². The van der Waals surface area contributed by atoms with Crippen LogP contribution in [0.15, 0.2) is 72.3 Å². The molecule has 3 aromatic carbocycles. The van der Waals surface area contributed by atoms with Crippen molar-refractivity contribution < 1.29 is 19.4 Å². The van der Waals surface area contributed by atoms with Crippen molar-refractivity contribution in [3.63, 3.8) is 0 Å². The first-order valence-corrected chi connectivity index (χ1v) is 11.9. The first-order valence-electron chi connectivity index (χ1n) is 11.9. The van der Waals surface area contributed by atoms with Crippen molar-refractivity contribution in [2.45, 2.75) is 40.7 Å². The maximum Gasteiger partial charge on any atom is 0.300 e. The number of ketones is 1. The van der Waals surface area contributed by atoms with Gasteiger partial charge in [0.15, 0.2) is 0 Å². The van der Waals surface area contributed by atoms with E-state index in [9.17, 15) is 14.7 Å². The summed E-state index contributed by atoms with van der Waals surface area (Å²) in [7, 11) is 0. The molecule has 5 heteroatoms. The van der Waals surface area contributed by atoms with Gasteiger partial charge in [-0.05, 0) is 73.7 Å². The molecule has 1 unspecified atom stereocenters. The summed E-state index contributed by atoms with van der Waals surface area (Å²) in [6.45, 7) is 10.4. The molecule has 0 saturated carbocycles. The Balaban J connectivity index is 1.93. The van der Waals surface area contributed by atoms with E-state index in [1.165, 1.54) is 4.90 Å². The minimum atomic E-state index is -0.792. The zero-order chi connectivity index (χ0) is 25.3. The van der Waals surface area contributed by atoms with Gasteiger partial charge in [-0.3, -0.25) is 14.5 Å². The maximum absolute atomic E-state index is 13.4. The molecule has 1 atom stereocenters. The van der Waals surface area contributed by atoms with Crippen LogP contribution >= 0.6 is 0 Å². The van der Waals surface area contributed by atoms with Gasteiger partial charge in [-0.2, -0.15) is 0 Å². The van der Waals surface area contributed by atoms with Gasteiger partial charge in [-0.15, -0.1) is 0 Å². The molecule has 1 fully saturated rings. The third-order valence-corrected chi connectivity index (χ3v) is 6.13.